The van der Waals surface area contributed by atoms with E-state index in [0.29, 0.717) is 0 Å². The van der Waals surface area contributed by atoms with Crippen LogP contribution in [0.3, 0.4) is 0 Å². The zero-order valence-electron chi connectivity index (χ0n) is 9.94. The average molecular weight is 247 g/mol. The number of nitrogens with zero attached hydrogens (tertiary/aromatic N) is 1. The Labute approximate surface area is 99.1 Å². The molecular formula is C10H17NO4S. The summed E-state index contributed by atoms with van der Waals surface area (Å²) in [5, 5.41) is 9.02. The quantitative estimate of drug-likeness (QED) is 0.799. The lowest BCUT2D eigenvalue weighted by molar-refractivity contribution is -0.144. The number of amides is 1. The molecule has 0 saturated carbocycles. The van der Waals surface area contributed by atoms with E-state index < -0.39 is 22.4 Å². The number of carboxylic acids is 1. The van der Waals surface area contributed by atoms with Crippen molar-refractivity contribution in [2.45, 2.75) is 31.1 Å². The van der Waals surface area contributed by atoms with Crippen LogP contribution >= 0.6 is 11.8 Å². The number of likely N-dealkylation sites (tertiary alicyclic amines) is 1. The molecule has 0 unspecified atom stereocenters. The van der Waals surface area contributed by atoms with E-state index in [1.165, 1.54) is 16.7 Å². The first-order valence-corrected chi connectivity index (χ1v) is 6.19. The van der Waals surface area contributed by atoms with Gasteiger partial charge in [-0.1, -0.05) is 0 Å². The van der Waals surface area contributed by atoms with Crippen LogP contribution in [0.25, 0.3) is 0 Å². The summed E-state index contributed by atoms with van der Waals surface area (Å²) in [5.41, 5.74) is -0.544. The number of rotatable bonds is 2. The van der Waals surface area contributed by atoms with E-state index in [4.69, 9.17) is 9.84 Å². The van der Waals surface area contributed by atoms with Crippen molar-refractivity contribution in [3.05, 3.63) is 0 Å². The summed E-state index contributed by atoms with van der Waals surface area (Å²) in [6.45, 7) is 5.76. The number of ether oxygens (including phenoxy) is 1. The highest BCUT2D eigenvalue weighted by molar-refractivity contribution is 8.00. The van der Waals surface area contributed by atoms with Gasteiger partial charge in [0.2, 0.25) is 0 Å². The van der Waals surface area contributed by atoms with Gasteiger partial charge in [-0.3, -0.25) is 4.79 Å². The zero-order chi connectivity index (χ0) is 12.6. The number of carbonyl (C=O) groups excluding carboxylic acids is 1. The lowest BCUT2D eigenvalue weighted by Crippen LogP contribution is -2.65. The summed E-state index contributed by atoms with van der Waals surface area (Å²) >= 11 is 1.26. The molecule has 16 heavy (non-hydrogen) atoms. The van der Waals surface area contributed by atoms with Crippen LogP contribution in [0.4, 0.5) is 4.79 Å². The molecule has 1 aliphatic heterocycles. The molecule has 5 nitrogen and oxygen atoms in total. The van der Waals surface area contributed by atoms with E-state index in [1.807, 2.05) is 0 Å². The third kappa shape index (κ3) is 2.61. The Hall–Kier alpha value is -0.910. The van der Waals surface area contributed by atoms with E-state index in [2.05, 4.69) is 0 Å². The molecule has 1 aliphatic rings. The fourth-order valence-corrected chi connectivity index (χ4v) is 2.12. The lowest BCUT2D eigenvalue weighted by atomic mass is 10.00. The number of hydrogen-bond donors (Lipinski definition) is 1. The van der Waals surface area contributed by atoms with E-state index in [-0.39, 0.29) is 13.1 Å². The second kappa shape index (κ2) is 4.16. The first-order valence-electron chi connectivity index (χ1n) is 4.97. The van der Waals surface area contributed by atoms with Crippen LogP contribution in [0.5, 0.6) is 0 Å². The summed E-state index contributed by atoms with van der Waals surface area (Å²) in [7, 11) is 0. The molecule has 1 saturated heterocycles. The van der Waals surface area contributed by atoms with E-state index in [0.717, 1.165) is 0 Å². The molecule has 1 rings (SSSR count). The van der Waals surface area contributed by atoms with Gasteiger partial charge in [0, 0.05) is 0 Å². The van der Waals surface area contributed by atoms with Gasteiger partial charge in [0.25, 0.3) is 0 Å². The monoisotopic (exact) mass is 247 g/mol. The van der Waals surface area contributed by atoms with Crippen molar-refractivity contribution in [1.82, 2.24) is 4.90 Å². The first kappa shape index (κ1) is 13.2. The van der Waals surface area contributed by atoms with Gasteiger partial charge in [-0.25, -0.2) is 4.79 Å². The molecule has 0 atom stereocenters. The molecule has 0 aromatic heterocycles. The SMILES string of the molecule is CSC1(C(=O)O)CN(C(=O)OC(C)(C)C)C1. The fraction of sp³-hybridized carbons (Fsp3) is 0.800. The van der Waals surface area contributed by atoms with Crippen molar-refractivity contribution in [3.8, 4) is 0 Å². The smallest absolute Gasteiger partial charge is 0.410 e. The van der Waals surface area contributed by atoms with Crippen LogP contribution in [-0.2, 0) is 9.53 Å². The highest BCUT2D eigenvalue weighted by atomic mass is 32.2. The highest BCUT2D eigenvalue weighted by Gasteiger charge is 2.52. The molecule has 0 bridgehead atoms. The van der Waals surface area contributed by atoms with Gasteiger partial charge < -0.3 is 14.7 Å². The van der Waals surface area contributed by atoms with Crippen LogP contribution < -0.4 is 0 Å². The van der Waals surface area contributed by atoms with Crippen LogP contribution in [0.15, 0.2) is 0 Å². The van der Waals surface area contributed by atoms with Gasteiger partial charge >= 0.3 is 12.1 Å². The molecule has 6 heteroatoms. The number of carboxylic acid groups (broad SMARTS) is 1. The highest BCUT2D eigenvalue weighted by Crippen LogP contribution is 2.34. The Morgan fingerprint density at radius 2 is 1.88 bits per heavy atom. The average Bonchev–Trinajstić information content (AvgIpc) is 1.98. The minimum atomic E-state index is -0.875. The van der Waals surface area contributed by atoms with Crippen LogP contribution in [0, 0.1) is 0 Å². The van der Waals surface area contributed by atoms with Crippen LogP contribution in [-0.4, -0.2) is 51.8 Å². The Balaban J connectivity index is 2.52. The van der Waals surface area contributed by atoms with Gasteiger partial charge in [0.1, 0.15) is 10.3 Å². The Bertz CT molecular complexity index is 304. The van der Waals surface area contributed by atoms with E-state index in [9.17, 15) is 9.59 Å². The van der Waals surface area contributed by atoms with E-state index >= 15 is 0 Å². The summed E-state index contributed by atoms with van der Waals surface area (Å²) < 4.78 is 4.29. The van der Waals surface area contributed by atoms with Crippen molar-refractivity contribution < 1.29 is 19.4 Å². The summed E-state index contributed by atoms with van der Waals surface area (Å²) in [4.78, 5) is 24.0. The molecule has 0 radical (unpaired) electrons. The summed E-state index contributed by atoms with van der Waals surface area (Å²) in [6, 6.07) is 0. The third-order valence-corrected chi connectivity index (χ3v) is 3.54. The maximum Gasteiger partial charge on any atom is 0.410 e. The molecule has 1 amide bonds. The molecular weight excluding hydrogens is 230 g/mol. The molecule has 1 N–H and O–H groups in total. The van der Waals surface area contributed by atoms with Crippen LogP contribution in [0.1, 0.15) is 20.8 Å². The number of aliphatic carboxylic acids is 1. The fourth-order valence-electron chi connectivity index (χ4n) is 1.38. The van der Waals surface area contributed by atoms with Gasteiger partial charge in [-0.15, -0.1) is 11.8 Å². The first-order chi connectivity index (χ1) is 7.20. The molecule has 1 heterocycles. The second-order valence-electron chi connectivity index (χ2n) is 4.84. The van der Waals surface area contributed by atoms with E-state index in [1.54, 1.807) is 27.0 Å². The molecule has 0 aliphatic carbocycles. The lowest BCUT2D eigenvalue weighted by Gasteiger charge is -2.45. The van der Waals surface area contributed by atoms with Gasteiger partial charge in [-0.2, -0.15) is 0 Å². The number of thioether (sulfide) groups is 1. The Kier molecular flexibility index (Phi) is 3.42. The summed E-state index contributed by atoms with van der Waals surface area (Å²) in [5.74, 6) is -0.875. The molecule has 1 fully saturated rings. The number of carbonyl (C=O) groups is 2. The molecule has 0 aromatic carbocycles. The predicted octanol–water partition coefficient (Wildman–Crippen LogP) is 1.42. The van der Waals surface area contributed by atoms with Gasteiger partial charge in [0.05, 0.1) is 13.1 Å². The maximum absolute atomic E-state index is 11.6. The van der Waals surface area contributed by atoms with Gasteiger partial charge in [-0.05, 0) is 27.0 Å². The topological polar surface area (TPSA) is 66.8 Å². The van der Waals surface area contributed by atoms with Gasteiger partial charge in [0.15, 0.2) is 0 Å². The predicted molar refractivity (Wildman–Crippen MR) is 61.7 cm³/mol. The minimum absolute atomic E-state index is 0.207. The maximum atomic E-state index is 11.6. The minimum Gasteiger partial charge on any atom is -0.480 e. The van der Waals surface area contributed by atoms with Crippen molar-refractivity contribution in [1.29, 1.82) is 0 Å². The Morgan fingerprint density at radius 1 is 1.38 bits per heavy atom. The normalized spacial score (nSPS) is 18.9. The molecule has 0 spiro atoms. The summed E-state index contributed by atoms with van der Waals surface area (Å²) in [6.07, 6.45) is 1.29. The Morgan fingerprint density at radius 3 is 2.19 bits per heavy atom. The molecule has 92 valence electrons. The van der Waals surface area contributed by atoms with Crippen LogP contribution in [0.2, 0.25) is 0 Å². The standard InChI is InChI=1S/C10H17NO4S/c1-9(2,3)15-8(14)11-5-10(6-11,16-4)7(12)13/h5-6H2,1-4H3,(H,12,13). The second-order valence-corrected chi connectivity index (χ2v) is 6.03. The third-order valence-electron chi connectivity index (χ3n) is 2.32. The van der Waals surface area contributed by atoms with Crippen molar-refractivity contribution in [2.75, 3.05) is 19.3 Å². The van der Waals surface area contributed by atoms with Crippen molar-refractivity contribution in [2.24, 2.45) is 0 Å². The van der Waals surface area contributed by atoms with Crippen molar-refractivity contribution in [3.63, 3.8) is 0 Å². The molecule has 0 aromatic rings. The zero-order valence-corrected chi connectivity index (χ0v) is 10.8. The largest absolute Gasteiger partial charge is 0.480 e. The van der Waals surface area contributed by atoms with Crippen molar-refractivity contribution >= 4 is 23.8 Å². The number of hydrogen-bond acceptors (Lipinski definition) is 4.